The summed E-state index contributed by atoms with van der Waals surface area (Å²) in [6.45, 7) is 0. The first-order chi connectivity index (χ1) is 14.7. The zero-order valence-corrected chi connectivity index (χ0v) is 18.5. The molecule has 4 aromatic heterocycles. The van der Waals surface area contributed by atoms with E-state index in [4.69, 9.17) is 0 Å². The van der Waals surface area contributed by atoms with Crippen molar-refractivity contribution in [3.8, 4) is 42.0 Å². The molecule has 2 aliphatic heterocycles. The van der Waals surface area contributed by atoms with E-state index >= 15 is 0 Å². The van der Waals surface area contributed by atoms with E-state index in [-0.39, 0.29) is 5.69 Å². The van der Waals surface area contributed by atoms with Crippen molar-refractivity contribution in [2.45, 2.75) is 0 Å². The molecule has 4 nitrogen and oxygen atoms in total. The molecule has 146 valence electrons. The summed E-state index contributed by atoms with van der Waals surface area (Å²) in [4.78, 5) is 33.9. The number of hydrogen-bond acceptors (Lipinski definition) is 8. The van der Waals surface area contributed by atoms with Crippen LogP contribution in [0.2, 0.25) is 0 Å². The Hall–Kier alpha value is -2.78. The predicted octanol–water partition coefficient (Wildman–Crippen LogP) is 6.11. The lowest BCUT2D eigenvalue weighted by Crippen LogP contribution is -2.19. The lowest BCUT2D eigenvalue weighted by Gasteiger charge is -2.03. The second-order valence-electron chi connectivity index (χ2n) is 6.21. The Morgan fingerprint density at radius 3 is 2.07 bits per heavy atom. The zero-order valence-electron chi connectivity index (χ0n) is 15.3. The summed E-state index contributed by atoms with van der Waals surface area (Å²) >= 11 is 7.29. The van der Waals surface area contributed by atoms with Gasteiger partial charge in [0.05, 0.1) is 10.6 Å². The monoisotopic (exact) mass is 464 g/mol. The number of thiophene rings is 4. The average Bonchev–Trinajstić information content (AvgIpc) is 3.55. The maximum atomic E-state index is 10.8. The molecule has 0 amide bonds. The summed E-state index contributed by atoms with van der Waals surface area (Å²) in [7, 11) is 0. The van der Waals surface area contributed by atoms with Crippen LogP contribution in [0, 0.1) is 0 Å². The van der Waals surface area contributed by atoms with Gasteiger partial charge in [-0.3, -0.25) is 14.6 Å². The van der Waals surface area contributed by atoms with Crippen LogP contribution in [-0.4, -0.2) is 9.97 Å². The molecule has 4 aromatic rings. The van der Waals surface area contributed by atoms with E-state index in [1.807, 2.05) is 45.3 Å². The second kappa shape index (κ2) is 8.16. The first-order valence-electron chi connectivity index (χ1n) is 8.87. The Bertz CT molecular complexity index is 1360. The molecule has 0 fully saturated rings. The molecule has 0 unspecified atom stereocenters. The third kappa shape index (κ3) is 3.48. The van der Waals surface area contributed by atoms with Crippen LogP contribution >= 0.6 is 45.3 Å². The van der Waals surface area contributed by atoms with Crippen LogP contribution in [0.25, 0.3) is 42.0 Å². The van der Waals surface area contributed by atoms with Gasteiger partial charge in [-0.05, 0) is 51.9 Å². The molecule has 6 rings (SSSR count). The molecule has 0 saturated heterocycles. The highest BCUT2D eigenvalue weighted by atomic mass is 32.1. The van der Waals surface area contributed by atoms with E-state index in [0.717, 1.165) is 0 Å². The quantitative estimate of drug-likeness (QED) is 0.296. The number of nitrogens with zero attached hydrogens (tertiary/aromatic N) is 2. The van der Waals surface area contributed by atoms with Gasteiger partial charge in [0.25, 0.3) is 5.43 Å². The van der Waals surface area contributed by atoms with Gasteiger partial charge >= 0.3 is 5.56 Å². The van der Waals surface area contributed by atoms with Crippen molar-refractivity contribution in [3.05, 3.63) is 90.8 Å². The van der Waals surface area contributed by atoms with Gasteiger partial charge in [0, 0.05) is 32.0 Å². The standard InChI is InChI=1S/C16H10S4.C6H2N2O2/c1-3-13(17-7-1)11-5-9-19-15(11)12-6-10-20-16(12)14-4-2-8-18-14;9-5-4-3(1-2-7-4)8-6(5)10/h1-10H;1-2H. The maximum Gasteiger partial charge on any atom is 0.320 e. The fourth-order valence-electron chi connectivity index (χ4n) is 3.08. The van der Waals surface area contributed by atoms with Crippen LogP contribution in [0.5, 0.6) is 0 Å². The van der Waals surface area contributed by atoms with Crippen molar-refractivity contribution >= 4 is 45.3 Å². The number of fused-ring (bicyclic) bond motifs is 1. The van der Waals surface area contributed by atoms with E-state index in [0.29, 0.717) is 5.69 Å². The van der Waals surface area contributed by atoms with Crippen molar-refractivity contribution in [1.82, 2.24) is 9.97 Å². The Labute approximate surface area is 187 Å². The van der Waals surface area contributed by atoms with Gasteiger partial charge in [0.2, 0.25) is 0 Å². The van der Waals surface area contributed by atoms with E-state index < -0.39 is 11.0 Å². The minimum Gasteiger partial charge on any atom is -0.281 e. The van der Waals surface area contributed by atoms with Crippen LogP contribution in [0.1, 0.15) is 0 Å². The molecule has 0 spiro atoms. The maximum absolute atomic E-state index is 10.8. The van der Waals surface area contributed by atoms with Gasteiger partial charge in [-0.2, -0.15) is 0 Å². The van der Waals surface area contributed by atoms with Gasteiger partial charge in [0.15, 0.2) is 0 Å². The molecular formula is C22H12N2O2S4. The van der Waals surface area contributed by atoms with E-state index in [2.05, 4.69) is 67.9 Å². The van der Waals surface area contributed by atoms with Crippen LogP contribution in [0.3, 0.4) is 0 Å². The minimum absolute atomic E-state index is 0.185. The van der Waals surface area contributed by atoms with E-state index in [1.54, 1.807) is 0 Å². The van der Waals surface area contributed by atoms with Crippen molar-refractivity contribution in [2.75, 3.05) is 0 Å². The molecule has 6 heterocycles. The minimum atomic E-state index is -0.710. The summed E-state index contributed by atoms with van der Waals surface area (Å²) < 4.78 is 0. The summed E-state index contributed by atoms with van der Waals surface area (Å²) in [5, 5.41) is 8.68. The lowest BCUT2D eigenvalue weighted by molar-refractivity contribution is 1.30. The fraction of sp³-hybridized carbons (Fsp3) is 0. The zero-order chi connectivity index (χ0) is 20.5. The van der Waals surface area contributed by atoms with Gasteiger partial charge < -0.3 is 0 Å². The highest BCUT2D eigenvalue weighted by Crippen LogP contribution is 2.45. The van der Waals surface area contributed by atoms with E-state index in [1.165, 1.54) is 42.9 Å². The SMILES string of the molecule is O=c1nc2ccnc-2c1=O.c1csc(-c2ccsc2-c2ccsc2-c2cccs2)c1. The van der Waals surface area contributed by atoms with Crippen LogP contribution < -0.4 is 11.0 Å². The molecule has 0 aliphatic carbocycles. The molecule has 0 bridgehead atoms. The van der Waals surface area contributed by atoms with Crippen LogP contribution in [0.15, 0.2) is 79.8 Å². The highest BCUT2D eigenvalue weighted by molar-refractivity contribution is 7.21. The Morgan fingerprint density at radius 1 is 0.667 bits per heavy atom. The predicted molar refractivity (Wildman–Crippen MR) is 128 cm³/mol. The first-order valence-corrected chi connectivity index (χ1v) is 12.4. The Kier molecular flexibility index (Phi) is 5.22. The molecule has 30 heavy (non-hydrogen) atoms. The molecule has 8 heteroatoms. The number of rotatable bonds is 3. The van der Waals surface area contributed by atoms with Crippen molar-refractivity contribution in [2.24, 2.45) is 0 Å². The van der Waals surface area contributed by atoms with E-state index in [9.17, 15) is 9.59 Å². The summed E-state index contributed by atoms with van der Waals surface area (Å²) in [5.74, 6) is 0. The summed E-state index contributed by atoms with van der Waals surface area (Å²) in [5.41, 5.74) is 2.01. The van der Waals surface area contributed by atoms with Gasteiger partial charge in [-0.1, -0.05) is 12.1 Å². The van der Waals surface area contributed by atoms with Gasteiger partial charge in [-0.15, -0.1) is 45.3 Å². The topological polar surface area (TPSA) is 59.9 Å². The third-order valence-corrected chi connectivity index (χ3v) is 8.23. The highest BCUT2D eigenvalue weighted by Gasteiger charge is 2.16. The van der Waals surface area contributed by atoms with Gasteiger partial charge in [-0.25, -0.2) is 4.98 Å². The summed E-state index contributed by atoms with van der Waals surface area (Å²) in [6, 6.07) is 14.7. The largest absolute Gasteiger partial charge is 0.320 e. The average molecular weight is 465 g/mol. The van der Waals surface area contributed by atoms with Crippen LogP contribution in [-0.2, 0) is 0 Å². The molecule has 0 radical (unpaired) electrons. The Morgan fingerprint density at radius 2 is 1.37 bits per heavy atom. The van der Waals surface area contributed by atoms with Gasteiger partial charge in [0.1, 0.15) is 5.69 Å². The number of hydrogen-bond donors (Lipinski definition) is 0. The molecule has 0 N–H and O–H groups in total. The van der Waals surface area contributed by atoms with Crippen LogP contribution in [0.4, 0.5) is 0 Å². The third-order valence-electron chi connectivity index (χ3n) is 4.42. The lowest BCUT2D eigenvalue weighted by atomic mass is 10.1. The summed E-state index contributed by atoms with van der Waals surface area (Å²) in [6.07, 6.45) is 1.46. The van der Waals surface area contributed by atoms with Crippen molar-refractivity contribution in [3.63, 3.8) is 0 Å². The fourth-order valence-corrected chi connectivity index (χ4v) is 6.70. The molecule has 0 atom stereocenters. The molecule has 0 saturated carbocycles. The molecule has 0 aromatic carbocycles. The normalized spacial score (nSPS) is 10.9. The molecular weight excluding hydrogens is 453 g/mol. The Balaban J connectivity index is 0.000000161. The molecule has 2 aliphatic rings. The van der Waals surface area contributed by atoms with Crippen molar-refractivity contribution < 1.29 is 0 Å². The first kappa shape index (κ1) is 19.2. The smallest absolute Gasteiger partial charge is 0.281 e. The second-order valence-corrected chi connectivity index (χ2v) is 9.93. The van der Waals surface area contributed by atoms with Crippen molar-refractivity contribution in [1.29, 1.82) is 0 Å². The number of aromatic nitrogens is 2.